The van der Waals surface area contributed by atoms with Crippen molar-refractivity contribution >= 4 is 43.4 Å². The average molecular weight is 651 g/mol. The van der Waals surface area contributed by atoms with E-state index in [0.29, 0.717) is 17.5 Å². The van der Waals surface area contributed by atoms with Gasteiger partial charge in [-0.25, -0.2) is 15.0 Å². The fraction of sp³-hybridized carbons (Fsp3) is 0. The monoisotopic (exact) mass is 650 g/mol. The van der Waals surface area contributed by atoms with Crippen LogP contribution in [0.25, 0.3) is 94.3 Å². The molecule has 2 heterocycles. The number of hydrogen-bond acceptors (Lipinski definition) is 3. The third kappa shape index (κ3) is 4.96. The zero-order valence-electron chi connectivity index (χ0n) is 27.6. The quantitative estimate of drug-likeness (QED) is 0.186. The predicted molar refractivity (Wildman–Crippen MR) is 211 cm³/mol. The van der Waals surface area contributed by atoms with Gasteiger partial charge in [0.15, 0.2) is 17.5 Å². The van der Waals surface area contributed by atoms with Gasteiger partial charge in [-0.05, 0) is 75.1 Å². The van der Waals surface area contributed by atoms with Crippen LogP contribution in [0.15, 0.2) is 182 Å². The van der Waals surface area contributed by atoms with E-state index in [9.17, 15) is 0 Å². The van der Waals surface area contributed by atoms with Crippen LogP contribution in [0, 0.1) is 0 Å². The van der Waals surface area contributed by atoms with Gasteiger partial charge in [-0.15, -0.1) is 0 Å². The van der Waals surface area contributed by atoms with Crippen LogP contribution < -0.4 is 0 Å². The standard InChI is InChI=1S/C47H30N4/c1-3-13-32(14-4-1)45-48-46(33-15-5-2-6-16-33)50-47(49-45)34-22-26-37(27-23-34)51-42-21-10-9-19-41(42)44-40-28-24-35(30-36(40)25-29-43(44)51)39-20-11-17-31-12-7-8-18-38(31)39/h1-30H. The number of hydrogen-bond donors (Lipinski definition) is 0. The van der Waals surface area contributed by atoms with Gasteiger partial charge in [0.25, 0.3) is 0 Å². The normalized spacial score (nSPS) is 11.5. The third-order valence-electron chi connectivity index (χ3n) is 9.84. The molecule has 0 saturated carbocycles. The summed E-state index contributed by atoms with van der Waals surface area (Å²) in [5.74, 6) is 1.95. The maximum atomic E-state index is 4.94. The molecule has 0 N–H and O–H groups in total. The molecule has 0 saturated heterocycles. The summed E-state index contributed by atoms with van der Waals surface area (Å²) in [6, 6.07) is 64.0. The van der Waals surface area contributed by atoms with Crippen molar-refractivity contribution in [3.63, 3.8) is 0 Å². The van der Waals surface area contributed by atoms with E-state index in [1.54, 1.807) is 0 Å². The fourth-order valence-electron chi connectivity index (χ4n) is 7.42. The first-order valence-corrected chi connectivity index (χ1v) is 17.2. The van der Waals surface area contributed by atoms with E-state index in [4.69, 9.17) is 15.0 Å². The van der Waals surface area contributed by atoms with Gasteiger partial charge in [0.1, 0.15) is 0 Å². The van der Waals surface area contributed by atoms with Crippen molar-refractivity contribution in [2.45, 2.75) is 0 Å². The van der Waals surface area contributed by atoms with Gasteiger partial charge in [-0.2, -0.15) is 0 Å². The minimum absolute atomic E-state index is 0.643. The number of para-hydroxylation sites is 1. The van der Waals surface area contributed by atoms with Gasteiger partial charge in [0, 0.05) is 33.2 Å². The van der Waals surface area contributed by atoms with Crippen LogP contribution in [-0.4, -0.2) is 19.5 Å². The fourth-order valence-corrected chi connectivity index (χ4v) is 7.42. The van der Waals surface area contributed by atoms with Crippen molar-refractivity contribution in [1.29, 1.82) is 0 Å². The molecular formula is C47H30N4. The van der Waals surface area contributed by atoms with Gasteiger partial charge >= 0.3 is 0 Å². The van der Waals surface area contributed by atoms with Crippen LogP contribution in [0.2, 0.25) is 0 Å². The van der Waals surface area contributed by atoms with Gasteiger partial charge in [-0.1, -0.05) is 140 Å². The molecule has 0 fully saturated rings. The summed E-state index contributed by atoms with van der Waals surface area (Å²) in [5, 5.41) is 7.49. The van der Waals surface area contributed by atoms with Gasteiger partial charge < -0.3 is 4.57 Å². The Bertz CT molecular complexity index is 2830. The Kier molecular flexibility index (Phi) is 6.78. The van der Waals surface area contributed by atoms with Crippen molar-refractivity contribution in [3.8, 4) is 51.0 Å². The number of aromatic nitrogens is 4. The number of nitrogens with zero attached hydrogens (tertiary/aromatic N) is 4. The SMILES string of the molecule is c1ccc(-c2nc(-c3ccccc3)nc(-c3ccc(-n4c5ccccc5c5c6ccc(-c7cccc8ccccc78)cc6ccc54)cc3)n2)cc1. The van der Waals surface area contributed by atoms with Crippen LogP contribution in [0.4, 0.5) is 0 Å². The largest absolute Gasteiger partial charge is 0.309 e. The lowest BCUT2D eigenvalue weighted by Gasteiger charge is -2.11. The molecule has 0 unspecified atom stereocenters. The molecule has 0 radical (unpaired) electrons. The second-order valence-corrected chi connectivity index (χ2v) is 12.9. The third-order valence-corrected chi connectivity index (χ3v) is 9.84. The maximum absolute atomic E-state index is 4.94. The minimum atomic E-state index is 0.643. The predicted octanol–water partition coefficient (Wildman–Crippen LogP) is 11.9. The molecule has 8 aromatic carbocycles. The Labute approximate surface area is 295 Å². The van der Waals surface area contributed by atoms with Crippen LogP contribution in [0.5, 0.6) is 0 Å². The average Bonchev–Trinajstić information content (AvgIpc) is 3.56. The van der Waals surface area contributed by atoms with Crippen LogP contribution in [0.1, 0.15) is 0 Å². The summed E-state index contributed by atoms with van der Waals surface area (Å²) < 4.78 is 2.37. The van der Waals surface area contributed by atoms with E-state index in [1.807, 2.05) is 60.7 Å². The molecule has 238 valence electrons. The maximum Gasteiger partial charge on any atom is 0.164 e. The molecule has 2 aromatic heterocycles. The molecule has 10 aromatic rings. The number of fused-ring (bicyclic) bond motifs is 6. The Morgan fingerprint density at radius 2 is 0.902 bits per heavy atom. The van der Waals surface area contributed by atoms with Gasteiger partial charge in [0.05, 0.1) is 11.0 Å². The van der Waals surface area contributed by atoms with Crippen LogP contribution in [0.3, 0.4) is 0 Å². The molecule has 0 aliphatic rings. The lowest BCUT2D eigenvalue weighted by atomic mass is 9.95. The van der Waals surface area contributed by atoms with Crippen molar-refractivity contribution in [2.75, 3.05) is 0 Å². The van der Waals surface area contributed by atoms with E-state index in [0.717, 1.165) is 22.4 Å². The molecule has 51 heavy (non-hydrogen) atoms. The summed E-state index contributed by atoms with van der Waals surface area (Å²) in [7, 11) is 0. The van der Waals surface area contributed by atoms with E-state index in [1.165, 1.54) is 54.5 Å². The highest BCUT2D eigenvalue weighted by atomic mass is 15.0. The van der Waals surface area contributed by atoms with Crippen LogP contribution in [-0.2, 0) is 0 Å². The zero-order chi connectivity index (χ0) is 33.7. The minimum Gasteiger partial charge on any atom is -0.309 e. The molecular weight excluding hydrogens is 621 g/mol. The summed E-state index contributed by atoms with van der Waals surface area (Å²) in [4.78, 5) is 14.7. The highest BCUT2D eigenvalue weighted by Gasteiger charge is 2.17. The lowest BCUT2D eigenvalue weighted by molar-refractivity contribution is 1.07. The van der Waals surface area contributed by atoms with E-state index < -0.39 is 0 Å². The molecule has 0 atom stereocenters. The molecule has 0 aliphatic carbocycles. The van der Waals surface area contributed by atoms with E-state index in [-0.39, 0.29) is 0 Å². The first-order chi connectivity index (χ1) is 25.3. The zero-order valence-corrected chi connectivity index (χ0v) is 27.6. The topological polar surface area (TPSA) is 43.6 Å². The van der Waals surface area contributed by atoms with E-state index >= 15 is 0 Å². The first kappa shape index (κ1) is 29.0. The van der Waals surface area contributed by atoms with Crippen molar-refractivity contribution in [2.24, 2.45) is 0 Å². The Morgan fingerprint density at radius 1 is 0.333 bits per heavy atom. The van der Waals surface area contributed by atoms with Gasteiger partial charge in [-0.3, -0.25) is 0 Å². The molecule has 10 rings (SSSR count). The molecule has 0 aliphatic heterocycles. The highest BCUT2D eigenvalue weighted by Crippen LogP contribution is 2.39. The molecule has 0 amide bonds. The van der Waals surface area contributed by atoms with Gasteiger partial charge in [0.2, 0.25) is 0 Å². The molecule has 0 bridgehead atoms. The molecule has 4 heteroatoms. The second kappa shape index (κ2) is 11.9. The molecule has 0 spiro atoms. The van der Waals surface area contributed by atoms with Crippen molar-refractivity contribution < 1.29 is 0 Å². The number of benzene rings is 8. The highest BCUT2D eigenvalue weighted by molar-refractivity contribution is 6.21. The summed E-state index contributed by atoms with van der Waals surface area (Å²) in [6.45, 7) is 0. The molecule has 4 nitrogen and oxygen atoms in total. The summed E-state index contributed by atoms with van der Waals surface area (Å²) >= 11 is 0. The summed E-state index contributed by atoms with van der Waals surface area (Å²) in [5.41, 5.74) is 8.74. The van der Waals surface area contributed by atoms with Crippen molar-refractivity contribution in [3.05, 3.63) is 182 Å². The summed E-state index contributed by atoms with van der Waals surface area (Å²) in [6.07, 6.45) is 0. The van der Waals surface area contributed by atoms with E-state index in [2.05, 4.69) is 126 Å². The Morgan fingerprint density at radius 3 is 1.61 bits per heavy atom. The van der Waals surface area contributed by atoms with Crippen LogP contribution >= 0.6 is 0 Å². The first-order valence-electron chi connectivity index (χ1n) is 17.2. The number of rotatable bonds is 5. The van der Waals surface area contributed by atoms with Crippen molar-refractivity contribution in [1.82, 2.24) is 19.5 Å². The Hall–Kier alpha value is -6.91. The smallest absolute Gasteiger partial charge is 0.164 e. The lowest BCUT2D eigenvalue weighted by Crippen LogP contribution is -2.00. The second-order valence-electron chi connectivity index (χ2n) is 12.9. The Balaban J connectivity index is 1.10.